The lowest BCUT2D eigenvalue weighted by molar-refractivity contribution is -0.121. The van der Waals surface area contributed by atoms with Crippen molar-refractivity contribution in [3.05, 3.63) is 0 Å². The van der Waals surface area contributed by atoms with E-state index >= 15 is 0 Å². The predicted octanol–water partition coefficient (Wildman–Crippen LogP) is 2.46. The Kier molecular flexibility index (Phi) is 10.5. The van der Waals surface area contributed by atoms with Gasteiger partial charge in [-0.15, -0.1) is 0 Å². The molecule has 3 heteroatoms. The highest BCUT2D eigenvalue weighted by molar-refractivity contribution is 5.76. The zero-order valence-electron chi connectivity index (χ0n) is 11.1. The highest BCUT2D eigenvalue weighted by atomic mass is 16.1. The van der Waals surface area contributed by atoms with Crippen LogP contribution in [0.25, 0.3) is 0 Å². The number of rotatable bonds is 10. The van der Waals surface area contributed by atoms with E-state index in [1.807, 2.05) is 7.05 Å². The first-order chi connectivity index (χ1) is 7.70. The topological polar surface area (TPSA) is 41.1 Å². The Hall–Kier alpha value is -0.570. The van der Waals surface area contributed by atoms with Crippen LogP contribution in [0.3, 0.4) is 0 Å². The minimum absolute atomic E-state index is 0.193. The molecular weight excluding hydrogens is 200 g/mol. The number of hydrogen-bond acceptors (Lipinski definition) is 2. The van der Waals surface area contributed by atoms with Crippen molar-refractivity contribution in [3.63, 3.8) is 0 Å². The number of carbonyl (C=O) groups excluding carboxylic acids is 1. The highest BCUT2D eigenvalue weighted by Gasteiger charge is 2.06. The van der Waals surface area contributed by atoms with Crippen LogP contribution in [0, 0.1) is 0 Å². The van der Waals surface area contributed by atoms with Crippen LogP contribution in [0.4, 0.5) is 0 Å². The van der Waals surface area contributed by atoms with Gasteiger partial charge in [-0.25, -0.2) is 0 Å². The molecule has 0 aromatic heterocycles. The third-order valence-electron chi connectivity index (χ3n) is 2.73. The van der Waals surface area contributed by atoms with E-state index in [4.69, 9.17) is 0 Å². The van der Waals surface area contributed by atoms with Crippen molar-refractivity contribution in [2.24, 2.45) is 0 Å². The van der Waals surface area contributed by atoms with Gasteiger partial charge in [-0.2, -0.15) is 0 Å². The Morgan fingerprint density at radius 3 is 2.56 bits per heavy atom. The maximum atomic E-state index is 11.5. The summed E-state index contributed by atoms with van der Waals surface area (Å²) in [5.74, 6) is 0.193. The van der Waals surface area contributed by atoms with Gasteiger partial charge in [-0.3, -0.25) is 4.79 Å². The summed E-state index contributed by atoms with van der Waals surface area (Å²) in [5.41, 5.74) is 0. The molecule has 0 spiro atoms. The van der Waals surface area contributed by atoms with Gasteiger partial charge in [0.15, 0.2) is 0 Å². The molecule has 0 rings (SSSR count). The second-order valence-electron chi connectivity index (χ2n) is 4.53. The van der Waals surface area contributed by atoms with Crippen molar-refractivity contribution >= 4 is 5.91 Å². The Morgan fingerprint density at radius 2 is 1.94 bits per heavy atom. The molecule has 3 nitrogen and oxygen atoms in total. The summed E-state index contributed by atoms with van der Waals surface area (Å²) in [6.07, 6.45) is 7.76. The minimum Gasteiger partial charge on any atom is -0.354 e. The molecule has 0 radical (unpaired) electrons. The van der Waals surface area contributed by atoms with Gasteiger partial charge >= 0.3 is 0 Å². The number of unbranched alkanes of at least 4 members (excludes halogenated alkanes) is 3. The third kappa shape index (κ3) is 9.97. The molecule has 0 saturated carbocycles. The molecule has 16 heavy (non-hydrogen) atoms. The number of amides is 1. The van der Waals surface area contributed by atoms with Crippen LogP contribution in [0.1, 0.15) is 58.8 Å². The molecule has 1 atom stereocenters. The summed E-state index contributed by atoms with van der Waals surface area (Å²) in [5, 5.41) is 6.09. The smallest absolute Gasteiger partial charge is 0.220 e. The summed E-state index contributed by atoms with van der Waals surface area (Å²) >= 11 is 0. The molecule has 0 aromatic carbocycles. The van der Waals surface area contributed by atoms with Crippen LogP contribution in [0.2, 0.25) is 0 Å². The molecule has 1 amide bonds. The Bertz CT molecular complexity index is 171. The van der Waals surface area contributed by atoms with Gasteiger partial charge in [0.1, 0.15) is 0 Å². The first-order valence-electron chi connectivity index (χ1n) is 6.64. The van der Waals surface area contributed by atoms with Crippen LogP contribution in [0.15, 0.2) is 0 Å². The average Bonchev–Trinajstić information content (AvgIpc) is 2.25. The van der Waals surface area contributed by atoms with Crippen molar-refractivity contribution in [1.29, 1.82) is 0 Å². The fraction of sp³-hybridized carbons (Fsp3) is 0.923. The van der Waals surface area contributed by atoms with Gasteiger partial charge in [0.25, 0.3) is 0 Å². The predicted molar refractivity (Wildman–Crippen MR) is 69.5 cm³/mol. The van der Waals surface area contributed by atoms with E-state index in [-0.39, 0.29) is 5.91 Å². The van der Waals surface area contributed by atoms with Crippen molar-refractivity contribution in [2.45, 2.75) is 64.8 Å². The maximum absolute atomic E-state index is 11.5. The summed E-state index contributed by atoms with van der Waals surface area (Å²) in [7, 11) is 1.91. The minimum atomic E-state index is 0.193. The van der Waals surface area contributed by atoms with E-state index in [0.29, 0.717) is 12.5 Å². The molecule has 0 heterocycles. The molecule has 0 aliphatic heterocycles. The second kappa shape index (κ2) is 10.9. The Morgan fingerprint density at radius 1 is 1.19 bits per heavy atom. The first kappa shape index (κ1) is 15.4. The van der Waals surface area contributed by atoms with E-state index < -0.39 is 0 Å². The lowest BCUT2D eigenvalue weighted by atomic mass is 10.1. The van der Waals surface area contributed by atoms with E-state index in [0.717, 1.165) is 19.4 Å². The van der Waals surface area contributed by atoms with Gasteiger partial charge in [0, 0.05) is 12.5 Å². The number of carbonyl (C=O) groups is 1. The van der Waals surface area contributed by atoms with E-state index in [1.54, 1.807) is 0 Å². The van der Waals surface area contributed by atoms with Crippen LogP contribution >= 0.6 is 0 Å². The SMILES string of the molecule is CCCCCCC(C)NC(=O)CCCNC. The summed E-state index contributed by atoms with van der Waals surface area (Å²) < 4.78 is 0. The van der Waals surface area contributed by atoms with Crippen LogP contribution in [-0.2, 0) is 4.79 Å². The summed E-state index contributed by atoms with van der Waals surface area (Å²) in [4.78, 5) is 11.5. The largest absolute Gasteiger partial charge is 0.354 e. The average molecular weight is 228 g/mol. The molecule has 96 valence electrons. The van der Waals surface area contributed by atoms with Crippen molar-refractivity contribution < 1.29 is 4.79 Å². The highest BCUT2D eigenvalue weighted by Crippen LogP contribution is 2.05. The van der Waals surface area contributed by atoms with Crippen LogP contribution in [0.5, 0.6) is 0 Å². The van der Waals surface area contributed by atoms with Crippen molar-refractivity contribution in [1.82, 2.24) is 10.6 Å². The Balaban J connectivity index is 3.39. The second-order valence-corrected chi connectivity index (χ2v) is 4.53. The molecule has 0 aliphatic rings. The lowest BCUT2D eigenvalue weighted by Gasteiger charge is -2.13. The fourth-order valence-electron chi connectivity index (χ4n) is 1.72. The number of nitrogens with one attached hydrogen (secondary N) is 2. The van der Waals surface area contributed by atoms with Gasteiger partial charge in [-0.1, -0.05) is 32.6 Å². The van der Waals surface area contributed by atoms with Crippen LogP contribution in [-0.4, -0.2) is 25.5 Å². The van der Waals surface area contributed by atoms with E-state index in [2.05, 4.69) is 24.5 Å². The summed E-state index contributed by atoms with van der Waals surface area (Å²) in [6, 6.07) is 0.332. The van der Waals surface area contributed by atoms with Crippen molar-refractivity contribution in [2.75, 3.05) is 13.6 Å². The Labute approximate surface area is 100 Å². The zero-order chi connectivity index (χ0) is 12.2. The van der Waals surface area contributed by atoms with Gasteiger partial charge in [-0.05, 0) is 33.4 Å². The van der Waals surface area contributed by atoms with Crippen LogP contribution < -0.4 is 10.6 Å². The monoisotopic (exact) mass is 228 g/mol. The zero-order valence-corrected chi connectivity index (χ0v) is 11.1. The molecule has 0 bridgehead atoms. The molecule has 0 aromatic rings. The first-order valence-corrected chi connectivity index (χ1v) is 6.64. The maximum Gasteiger partial charge on any atom is 0.220 e. The van der Waals surface area contributed by atoms with E-state index in [9.17, 15) is 4.79 Å². The third-order valence-corrected chi connectivity index (χ3v) is 2.73. The molecule has 0 aliphatic carbocycles. The molecular formula is C13H28N2O. The lowest BCUT2D eigenvalue weighted by Crippen LogP contribution is -2.32. The van der Waals surface area contributed by atoms with E-state index in [1.165, 1.54) is 25.7 Å². The van der Waals surface area contributed by atoms with Gasteiger partial charge in [0.05, 0.1) is 0 Å². The summed E-state index contributed by atoms with van der Waals surface area (Å²) in [6.45, 7) is 5.23. The fourth-order valence-corrected chi connectivity index (χ4v) is 1.72. The quantitative estimate of drug-likeness (QED) is 0.564. The molecule has 0 fully saturated rings. The van der Waals surface area contributed by atoms with Gasteiger partial charge < -0.3 is 10.6 Å². The van der Waals surface area contributed by atoms with Gasteiger partial charge in [0.2, 0.25) is 5.91 Å². The molecule has 2 N–H and O–H groups in total. The molecule has 0 saturated heterocycles. The molecule has 1 unspecified atom stereocenters. The standard InChI is InChI=1S/C13H28N2O/c1-4-5-6-7-9-12(2)15-13(16)10-8-11-14-3/h12,14H,4-11H2,1-3H3,(H,15,16). The normalized spacial score (nSPS) is 12.4. The number of hydrogen-bond donors (Lipinski definition) is 2. The van der Waals surface area contributed by atoms with Crippen molar-refractivity contribution in [3.8, 4) is 0 Å².